The van der Waals surface area contributed by atoms with Crippen molar-refractivity contribution in [1.82, 2.24) is 30.3 Å². The zero-order valence-electron chi connectivity index (χ0n) is 10.6. The van der Waals surface area contributed by atoms with E-state index < -0.39 is 0 Å². The lowest BCUT2D eigenvalue weighted by atomic mass is 10.2. The number of aromatic amines is 1. The maximum atomic E-state index is 5.41. The summed E-state index contributed by atoms with van der Waals surface area (Å²) in [6.45, 7) is 0. The van der Waals surface area contributed by atoms with E-state index in [-0.39, 0.29) is 11.8 Å². The Bertz CT molecular complexity index is 704. The maximum absolute atomic E-state index is 5.41. The van der Waals surface area contributed by atoms with Gasteiger partial charge in [-0.2, -0.15) is 9.97 Å². The fourth-order valence-electron chi connectivity index (χ4n) is 1.61. The van der Waals surface area contributed by atoms with Crippen molar-refractivity contribution in [2.45, 2.75) is 6.42 Å². The quantitative estimate of drug-likeness (QED) is 0.700. The summed E-state index contributed by atoms with van der Waals surface area (Å²) in [6.07, 6.45) is 2.19. The molecule has 0 radical (unpaired) electrons. The number of anilines is 1. The van der Waals surface area contributed by atoms with Crippen molar-refractivity contribution in [2.75, 3.05) is 12.8 Å². The molecule has 0 fully saturated rings. The second-order valence-corrected chi connectivity index (χ2v) is 3.94. The molecular weight excluding hydrogens is 262 g/mol. The molecule has 0 bridgehead atoms. The molecule has 9 nitrogen and oxygen atoms in total. The normalized spacial score (nSPS) is 10.7. The standard InChI is InChI=1S/C11H11N7O2/c1-19-8-3-2-6(5-13-8)4-7-14-10(20-18-7)9-15-11(12)17-16-9/h2-3,5H,4H2,1H3,(H3,12,15,16,17). The molecule has 0 spiro atoms. The van der Waals surface area contributed by atoms with Gasteiger partial charge >= 0.3 is 0 Å². The highest BCUT2D eigenvalue weighted by atomic mass is 16.5. The molecule has 9 heteroatoms. The van der Waals surface area contributed by atoms with Gasteiger partial charge < -0.3 is 15.0 Å². The molecular formula is C11H11N7O2. The van der Waals surface area contributed by atoms with E-state index in [0.717, 1.165) is 5.56 Å². The summed E-state index contributed by atoms with van der Waals surface area (Å²) in [5.74, 6) is 1.78. The van der Waals surface area contributed by atoms with E-state index >= 15 is 0 Å². The Hall–Kier alpha value is -2.97. The summed E-state index contributed by atoms with van der Waals surface area (Å²) in [5.41, 5.74) is 6.35. The topological polar surface area (TPSA) is 129 Å². The average molecular weight is 273 g/mol. The van der Waals surface area contributed by atoms with Crippen LogP contribution in [0.4, 0.5) is 5.95 Å². The van der Waals surface area contributed by atoms with Gasteiger partial charge in [0.05, 0.1) is 7.11 Å². The fourth-order valence-corrected chi connectivity index (χ4v) is 1.61. The summed E-state index contributed by atoms with van der Waals surface area (Å²) in [4.78, 5) is 12.2. The number of H-pyrrole nitrogens is 1. The van der Waals surface area contributed by atoms with Gasteiger partial charge in [0.15, 0.2) is 5.82 Å². The first-order valence-electron chi connectivity index (χ1n) is 5.74. The highest BCUT2D eigenvalue weighted by molar-refractivity contribution is 5.41. The van der Waals surface area contributed by atoms with E-state index in [4.69, 9.17) is 15.0 Å². The average Bonchev–Trinajstić information content (AvgIpc) is 3.09. The Morgan fingerprint density at radius 1 is 1.35 bits per heavy atom. The van der Waals surface area contributed by atoms with Crippen molar-refractivity contribution in [1.29, 1.82) is 0 Å². The minimum atomic E-state index is 0.124. The highest BCUT2D eigenvalue weighted by Gasteiger charge is 2.13. The molecule has 3 aromatic rings. The summed E-state index contributed by atoms with van der Waals surface area (Å²) >= 11 is 0. The zero-order chi connectivity index (χ0) is 13.9. The number of nitrogens with zero attached hydrogens (tertiary/aromatic N) is 5. The molecule has 3 N–H and O–H groups in total. The summed E-state index contributed by atoms with van der Waals surface area (Å²) in [7, 11) is 1.57. The number of aromatic nitrogens is 6. The second-order valence-electron chi connectivity index (χ2n) is 3.94. The monoisotopic (exact) mass is 273 g/mol. The van der Waals surface area contributed by atoms with Crippen molar-refractivity contribution in [3.8, 4) is 17.6 Å². The van der Waals surface area contributed by atoms with Crippen molar-refractivity contribution in [3.05, 3.63) is 29.7 Å². The number of nitrogens with two attached hydrogens (primary N) is 1. The molecule has 0 unspecified atom stereocenters. The third-order valence-electron chi connectivity index (χ3n) is 2.54. The lowest BCUT2D eigenvalue weighted by molar-refractivity contribution is 0.397. The first kappa shape index (κ1) is 12.1. The molecule has 0 aliphatic rings. The first-order chi connectivity index (χ1) is 9.74. The van der Waals surface area contributed by atoms with Gasteiger partial charge in [0, 0.05) is 18.7 Å². The minimum absolute atomic E-state index is 0.124. The Balaban J connectivity index is 1.76. The van der Waals surface area contributed by atoms with E-state index in [2.05, 4.69) is 30.3 Å². The van der Waals surface area contributed by atoms with E-state index in [0.29, 0.717) is 23.9 Å². The molecule has 3 heterocycles. The molecule has 20 heavy (non-hydrogen) atoms. The molecule has 0 aliphatic heterocycles. The fraction of sp³-hybridized carbons (Fsp3) is 0.182. The van der Waals surface area contributed by atoms with Gasteiger partial charge in [-0.3, -0.25) is 5.10 Å². The van der Waals surface area contributed by atoms with Gasteiger partial charge in [0.1, 0.15) is 0 Å². The Morgan fingerprint density at radius 2 is 2.25 bits per heavy atom. The van der Waals surface area contributed by atoms with Crippen LogP contribution in [0.15, 0.2) is 22.9 Å². The minimum Gasteiger partial charge on any atom is -0.481 e. The number of hydrogen-bond donors (Lipinski definition) is 2. The van der Waals surface area contributed by atoms with Crippen LogP contribution >= 0.6 is 0 Å². The largest absolute Gasteiger partial charge is 0.481 e. The van der Waals surface area contributed by atoms with Crippen molar-refractivity contribution < 1.29 is 9.26 Å². The van der Waals surface area contributed by atoms with Crippen molar-refractivity contribution >= 4 is 5.95 Å². The van der Waals surface area contributed by atoms with Crippen LogP contribution in [-0.2, 0) is 6.42 Å². The predicted octanol–water partition coefficient (Wildman–Crippen LogP) is 0.431. The number of nitrogens with one attached hydrogen (secondary N) is 1. The zero-order valence-corrected chi connectivity index (χ0v) is 10.6. The van der Waals surface area contributed by atoms with Crippen LogP contribution in [0.1, 0.15) is 11.4 Å². The van der Waals surface area contributed by atoms with Gasteiger partial charge in [0.2, 0.25) is 17.7 Å². The van der Waals surface area contributed by atoms with Crippen LogP contribution in [0.5, 0.6) is 5.88 Å². The summed E-state index contributed by atoms with van der Waals surface area (Å²) < 4.78 is 10.1. The number of rotatable bonds is 4. The van der Waals surface area contributed by atoms with Crippen LogP contribution in [0, 0.1) is 0 Å². The third kappa shape index (κ3) is 2.41. The lowest BCUT2D eigenvalue weighted by Crippen LogP contribution is -1.93. The molecule has 0 saturated heterocycles. The molecule has 0 aromatic carbocycles. The van der Waals surface area contributed by atoms with Gasteiger partial charge in [-0.25, -0.2) is 4.98 Å². The van der Waals surface area contributed by atoms with Gasteiger partial charge in [-0.1, -0.05) is 11.2 Å². The van der Waals surface area contributed by atoms with Crippen molar-refractivity contribution in [2.24, 2.45) is 0 Å². The number of ether oxygens (including phenoxy) is 1. The van der Waals surface area contributed by atoms with Crippen molar-refractivity contribution in [3.63, 3.8) is 0 Å². The number of nitrogen functional groups attached to an aromatic ring is 1. The third-order valence-corrected chi connectivity index (χ3v) is 2.54. The highest BCUT2D eigenvalue weighted by Crippen LogP contribution is 2.15. The molecule has 3 aromatic heterocycles. The van der Waals surface area contributed by atoms with Crippen LogP contribution in [0.25, 0.3) is 11.7 Å². The summed E-state index contributed by atoms with van der Waals surface area (Å²) in [6, 6.07) is 3.65. The van der Waals surface area contributed by atoms with Crippen LogP contribution in [-0.4, -0.2) is 37.4 Å². The molecule has 0 amide bonds. The van der Waals surface area contributed by atoms with E-state index in [9.17, 15) is 0 Å². The maximum Gasteiger partial charge on any atom is 0.295 e. The second kappa shape index (κ2) is 4.96. The summed E-state index contributed by atoms with van der Waals surface area (Å²) in [5, 5.41) is 10.2. The predicted molar refractivity (Wildman–Crippen MR) is 67.7 cm³/mol. The number of pyridine rings is 1. The van der Waals surface area contributed by atoms with Gasteiger partial charge in [-0.15, -0.1) is 5.10 Å². The Labute approximate surface area is 113 Å². The number of methoxy groups -OCH3 is 1. The Morgan fingerprint density at radius 3 is 2.90 bits per heavy atom. The molecule has 0 saturated carbocycles. The smallest absolute Gasteiger partial charge is 0.295 e. The van der Waals surface area contributed by atoms with E-state index in [1.165, 1.54) is 0 Å². The van der Waals surface area contributed by atoms with Crippen LogP contribution < -0.4 is 10.5 Å². The molecule has 3 rings (SSSR count). The van der Waals surface area contributed by atoms with Gasteiger partial charge in [0.25, 0.3) is 5.89 Å². The van der Waals surface area contributed by atoms with Crippen LogP contribution in [0.2, 0.25) is 0 Å². The van der Waals surface area contributed by atoms with Crippen LogP contribution in [0.3, 0.4) is 0 Å². The lowest BCUT2D eigenvalue weighted by Gasteiger charge is -1.99. The Kier molecular flexibility index (Phi) is 2.99. The van der Waals surface area contributed by atoms with E-state index in [1.807, 2.05) is 6.07 Å². The number of hydrogen-bond acceptors (Lipinski definition) is 8. The first-order valence-corrected chi connectivity index (χ1v) is 5.74. The molecule has 0 aliphatic carbocycles. The van der Waals surface area contributed by atoms with Gasteiger partial charge in [-0.05, 0) is 5.56 Å². The van der Waals surface area contributed by atoms with E-state index in [1.54, 1.807) is 19.4 Å². The molecule has 102 valence electrons. The SMILES string of the molecule is COc1ccc(Cc2noc(-c3nc(N)n[nH]3)n2)cn1. The molecule has 0 atom stereocenters.